The molecule has 6 nitrogen and oxygen atoms in total. The Bertz CT molecular complexity index is 1300. The van der Waals surface area contributed by atoms with Crippen molar-refractivity contribution in [1.29, 1.82) is 0 Å². The summed E-state index contributed by atoms with van der Waals surface area (Å²) < 4.78 is 48.8. The lowest BCUT2D eigenvalue weighted by Gasteiger charge is -2.45. The molecule has 2 aromatic heterocycles. The summed E-state index contributed by atoms with van der Waals surface area (Å²) in [4.78, 5) is 20.0. The summed E-state index contributed by atoms with van der Waals surface area (Å²) in [6, 6.07) is 3.46. The van der Waals surface area contributed by atoms with Crippen LogP contribution in [0.5, 0.6) is 5.75 Å². The highest BCUT2D eigenvalue weighted by Crippen LogP contribution is 2.45. The predicted octanol–water partition coefficient (Wildman–Crippen LogP) is 4.52. The van der Waals surface area contributed by atoms with Crippen LogP contribution in [-0.2, 0) is 19.9 Å². The lowest BCUT2D eigenvalue weighted by molar-refractivity contribution is 0.0391. The minimum Gasteiger partial charge on any atom is -0.492 e. The Balaban J connectivity index is 1.40. The zero-order valence-corrected chi connectivity index (χ0v) is 18.7. The minimum atomic E-state index is -1.49. The number of piperidine rings is 1. The largest absolute Gasteiger partial charge is 0.492 e. The van der Waals surface area contributed by atoms with E-state index in [0.717, 1.165) is 61.2 Å². The number of amides is 1. The molecule has 0 radical (unpaired) electrons. The van der Waals surface area contributed by atoms with Crippen molar-refractivity contribution in [2.75, 3.05) is 6.61 Å². The summed E-state index contributed by atoms with van der Waals surface area (Å²) in [5.74, 6) is -3.41. The van der Waals surface area contributed by atoms with Crippen LogP contribution in [0.1, 0.15) is 59.0 Å². The van der Waals surface area contributed by atoms with Crippen molar-refractivity contribution in [3.05, 3.63) is 64.4 Å². The second-order valence-corrected chi connectivity index (χ2v) is 9.23. The molecule has 0 spiro atoms. The van der Waals surface area contributed by atoms with Gasteiger partial charge in [-0.2, -0.15) is 5.10 Å². The van der Waals surface area contributed by atoms with Crippen molar-refractivity contribution < 1.29 is 22.7 Å². The van der Waals surface area contributed by atoms with Crippen LogP contribution in [0, 0.1) is 17.5 Å². The van der Waals surface area contributed by atoms with E-state index < -0.39 is 17.5 Å². The number of benzene rings is 1. The highest BCUT2D eigenvalue weighted by Gasteiger charge is 2.43. The van der Waals surface area contributed by atoms with Crippen LogP contribution >= 0.6 is 0 Å². The average molecular weight is 468 g/mol. The molecule has 3 aliphatic heterocycles. The molecule has 2 bridgehead atoms. The molecule has 6 rings (SSSR count). The molecule has 5 heterocycles. The second kappa shape index (κ2) is 7.85. The lowest BCUT2D eigenvalue weighted by Crippen LogP contribution is -2.49. The molecule has 0 N–H and O–H groups in total. The molecule has 2 atom stereocenters. The van der Waals surface area contributed by atoms with Crippen molar-refractivity contribution in [3.8, 4) is 17.0 Å². The van der Waals surface area contributed by atoms with Gasteiger partial charge in [0.25, 0.3) is 5.91 Å². The van der Waals surface area contributed by atoms with Gasteiger partial charge in [-0.25, -0.2) is 13.2 Å². The number of hydrogen-bond acceptors (Lipinski definition) is 4. The number of hydrogen-bond donors (Lipinski definition) is 0. The first-order chi connectivity index (χ1) is 16.4. The summed E-state index contributed by atoms with van der Waals surface area (Å²) >= 11 is 0. The van der Waals surface area contributed by atoms with Gasteiger partial charge in [0.15, 0.2) is 17.5 Å². The van der Waals surface area contributed by atoms with E-state index in [1.54, 1.807) is 24.0 Å². The number of ether oxygens (including phenoxy) is 1. The summed E-state index contributed by atoms with van der Waals surface area (Å²) in [6.07, 6.45) is 6.39. The second-order valence-electron chi connectivity index (χ2n) is 9.23. The van der Waals surface area contributed by atoms with E-state index in [1.165, 1.54) is 0 Å². The van der Waals surface area contributed by atoms with Crippen LogP contribution < -0.4 is 4.74 Å². The van der Waals surface area contributed by atoms with Gasteiger partial charge in [0.05, 0.1) is 35.3 Å². The molecule has 0 aliphatic carbocycles. The first-order valence-corrected chi connectivity index (χ1v) is 11.6. The Morgan fingerprint density at radius 2 is 1.91 bits per heavy atom. The number of nitrogens with zero attached hydrogens (tertiary/aromatic N) is 4. The lowest BCUT2D eigenvalue weighted by atomic mass is 9.81. The van der Waals surface area contributed by atoms with Crippen molar-refractivity contribution in [3.63, 3.8) is 0 Å². The number of aromatic nitrogens is 3. The molecule has 34 heavy (non-hydrogen) atoms. The van der Waals surface area contributed by atoms with Gasteiger partial charge in [0.2, 0.25) is 0 Å². The molecule has 1 saturated heterocycles. The van der Waals surface area contributed by atoms with Crippen LogP contribution in [0.15, 0.2) is 24.4 Å². The topological polar surface area (TPSA) is 60.2 Å². The molecule has 1 fully saturated rings. The van der Waals surface area contributed by atoms with Crippen LogP contribution in [0.3, 0.4) is 0 Å². The van der Waals surface area contributed by atoms with E-state index in [4.69, 9.17) is 4.74 Å². The highest BCUT2D eigenvalue weighted by molar-refractivity contribution is 5.95. The maximum atomic E-state index is 14.0. The fourth-order valence-electron chi connectivity index (χ4n) is 5.68. The third-order valence-corrected chi connectivity index (χ3v) is 7.16. The number of rotatable bonds is 2. The van der Waals surface area contributed by atoms with Gasteiger partial charge in [-0.3, -0.25) is 14.5 Å². The molecule has 1 amide bonds. The number of halogens is 3. The standard InChI is InChI=1S/C25H23F3N4O2/c1-31-24(13-8-17(26)22(28)18(27)9-13)16-11-15-4-2-6-20(23(16)30-31)32(15)25(33)14-10-21-19(29-12-14)5-3-7-34-21/h8-10,12,15,20H,2-7,11H2,1H3. The summed E-state index contributed by atoms with van der Waals surface area (Å²) in [5.41, 5.74) is 3.74. The van der Waals surface area contributed by atoms with Crippen LogP contribution in [0.25, 0.3) is 11.3 Å². The molecular formula is C25H23F3N4O2. The first-order valence-electron chi connectivity index (χ1n) is 11.6. The quantitative estimate of drug-likeness (QED) is 0.519. The molecule has 0 saturated carbocycles. The van der Waals surface area contributed by atoms with E-state index in [9.17, 15) is 18.0 Å². The number of pyridine rings is 1. The van der Waals surface area contributed by atoms with Gasteiger partial charge in [-0.05, 0) is 56.7 Å². The Morgan fingerprint density at radius 1 is 1.12 bits per heavy atom. The van der Waals surface area contributed by atoms with Gasteiger partial charge < -0.3 is 9.64 Å². The maximum Gasteiger partial charge on any atom is 0.256 e. The fourth-order valence-corrected chi connectivity index (χ4v) is 5.68. The normalized spacial score (nSPS) is 21.0. The van der Waals surface area contributed by atoms with Crippen molar-refractivity contribution in [1.82, 2.24) is 19.7 Å². The van der Waals surface area contributed by atoms with Crippen molar-refractivity contribution in [2.24, 2.45) is 7.05 Å². The fraction of sp³-hybridized carbons (Fsp3) is 0.400. The van der Waals surface area contributed by atoms with E-state index in [0.29, 0.717) is 30.0 Å². The zero-order valence-electron chi connectivity index (χ0n) is 18.7. The van der Waals surface area contributed by atoms with Gasteiger partial charge in [0, 0.05) is 30.4 Å². The number of fused-ring (bicyclic) bond motifs is 5. The molecule has 176 valence electrons. The zero-order chi connectivity index (χ0) is 23.6. The SMILES string of the molecule is Cn1nc2c(c1-c1cc(F)c(F)c(F)c1)CC1CCCC2N1C(=O)c1cnc2c(c1)OCCC2. The van der Waals surface area contributed by atoms with Gasteiger partial charge >= 0.3 is 0 Å². The molecule has 9 heteroatoms. The average Bonchev–Trinajstić information content (AvgIpc) is 3.16. The van der Waals surface area contributed by atoms with E-state index in [1.807, 2.05) is 4.90 Å². The Kier molecular flexibility index (Phi) is 4.89. The third kappa shape index (κ3) is 3.20. The summed E-state index contributed by atoms with van der Waals surface area (Å²) in [7, 11) is 1.70. The highest BCUT2D eigenvalue weighted by atomic mass is 19.2. The van der Waals surface area contributed by atoms with Crippen molar-refractivity contribution in [2.45, 2.75) is 50.6 Å². The molecule has 2 unspecified atom stereocenters. The monoisotopic (exact) mass is 468 g/mol. The summed E-state index contributed by atoms with van der Waals surface area (Å²) in [6.45, 7) is 0.617. The molecule has 3 aliphatic rings. The predicted molar refractivity (Wildman–Crippen MR) is 117 cm³/mol. The van der Waals surface area contributed by atoms with Crippen LogP contribution in [-0.4, -0.2) is 38.2 Å². The smallest absolute Gasteiger partial charge is 0.256 e. The Hall–Kier alpha value is -3.36. The summed E-state index contributed by atoms with van der Waals surface area (Å²) in [5, 5.41) is 4.67. The maximum absolute atomic E-state index is 14.0. The molecular weight excluding hydrogens is 445 g/mol. The molecule has 3 aromatic rings. The molecule has 1 aromatic carbocycles. The number of carbonyl (C=O) groups excluding carboxylic acids is 1. The number of aryl methyl sites for hydroxylation is 2. The van der Waals surface area contributed by atoms with Crippen molar-refractivity contribution >= 4 is 5.91 Å². The minimum absolute atomic E-state index is 0.0752. The number of carbonyl (C=O) groups is 1. The Morgan fingerprint density at radius 3 is 2.71 bits per heavy atom. The van der Waals surface area contributed by atoms with Crippen LogP contribution in [0.4, 0.5) is 13.2 Å². The Labute approximate surface area is 194 Å². The van der Waals surface area contributed by atoms with Crippen LogP contribution in [0.2, 0.25) is 0 Å². The first kappa shape index (κ1) is 21.2. The van der Waals surface area contributed by atoms with Gasteiger partial charge in [0.1, 0.15) is 5.75 Å². The third-order valence-electron chi connectivity index (χ3n) is 7.16. The van der Waals surface area contributed by atoms with Gasteiger partial charge in [-0.15, -0.1) is 0 Å². The van der Waals surface area contributed by atoms with E-state index >= 15 is 0 Å². The van der Waals surface area contributed by atoms with E-state index in [-0.39, 0.29) is 23.6 Å². The van der Waals surface area contributed by atoms with E-state index in [2.05, 4.69) is 10.1 Å². The van der Waals surface area contributed by atoms with Gasteiger partial charge in [-0.1, -0.05) is 0 Å².